The third-order valence-corrected chi connectivity index (χ3v) is 4.81. The summed E-state index contributed by atoms with van der Waals surface area (Å²) in [6, 6.07) is -1.97. The standard InChI is InChI=1S/C20H36N2O6/c1-13(2)7-5-6-8-17(25)21-16(10-23)19(27)22-15(9-14(3)4)18(26)20(11-24)12-28-20/h13-16,23-24H,5-12H2,1-4H3,(H,21,25)(H,22,27)/t15?,16?,20-/m1/s1. The Balaban J connectivity index is 2.60. The Hall–Kier alpha value is -1.51. The molecule has 0 saturated carbocycles. The van der Waals surface area contributed by atoms with Gasteiger partial charge in [0.05, 0.1) is 25.9 Å². The number of rotatable bonds is 14. The fraction of sp³-hybridized carbons (Fsp3) is 0.850. The lowest BCUT2D eigenvalue weighted by Crippen LogP contribution is -2.55. The summed E-state index contributed by atoms with van der Waals surface area (Å²) in [6.45, 7) is 7.19. The van der Waals surface area contributed by atoms with E-state index in [-0.39, 0.29) is 30.6 Å². The SMILES string of the molecule is CC(C)CCCCC(=O)NC(CO)C(=O)NC(CC(C)C)C(=O)[C@@]1(CO)CO1. The molecule has 0 radical (unpaired) electrons. The number of aliphatic hydroxyl groups excluding tert-OH is 2. The molecule has 0 spiro atoms. The highest BCUT2D eigenvalue weighted by Crippen LogP contribution is 2.30. The molecule has 0 aliphatic carbocycles. The Morgan fingerprint density at radius 1 is 1.00 bits per heavy atom. The summed E-state index contributed by atoms with van der Waals surface area (Å²) in [6.07, 6.45) is 3.33. The van der Waals surface area contributed by atoms with Crippen LogP contribution in [0.4, 0.5) is 0 Å². The van der Waals surface area contributed by atoms with Crippen molar-refractivity contribution >= 4 is 17.6 Å². The van der Waals surface area contributed by atoms with Gasteiger partial charge in [-0.15, -0.1) is 0 Å². The van der Waals surface area contributed by atoms with Crippen LogP contribution in [0, 0.1) is 11.8 Å². The lowest BCUT2D eigenvalue weighted by molar-refractivity contribution is -0.134. The highest BCUT2D eigenvalue weighted by Gasteiger charge is 2.54. The van der Waals surface area contributed by atoms with Crippen molar-refractivity contribution in [2.75, 3.05) is 19.8 Å². The van der Waals surface area contributed by atoms with E-state index in [1.807, 2.05) is 13.8 Å². The minimum Gasteiger partial charge on any atom is -0.394 e. The zero-order chi connectivity index (χ0) is 21.3. The van der Waals surface area contributed by atoms with Gasteiger partial charge in [0.1, 0.15) is 6.04 Å². The highest BCUT2D eigenvalue weighted by atomic mass is 16.6. The van der Waals surface area contributed by atoms with Crippen molar-refractivity contribution in [2.45, 2.75) is 77.5 Å². The summed E-state index contributed by atoms with van der Waals surface area (Å²) in [5, 5.41) is 24.1. The fourth-order valence-corrected chi connectivity index (χ4v) is 2.99. The zero-order valence-corrected chi connectivity index (χ0v) is 17.5. The van der Waals surface area contributed by atoms with Gasteiger partial charge in [0.2, 0.25) is 11.8 Å². The summed E-state index contributed by atoms with van der Waals surface area (Å²) in [5.74, 6) is -0.611. The normalized spacial score (nSPS) is 20.7. The zero-order valence-electron chi connectivity index (χ0n) is 17.5. The van der Waals surface area contributed by atoms with E-state index >= 15 is 0 Å². The van der Waals surface area contributed by atoms with Crippen LogP contribution >= 0.6 is 0 Å². The molecule has 4 N–H and O–H groups in total. The smallest absolute Gasteiger partial charge is 0.245 e. The van der Waals surface area contributed by atoms with Crippen LogP contribution in [0.25, 0.3) is 0 Å². The van der Waals surface area contributed by atoms with Crippen LogP contribution in [0.2, 0.25) is 0 Å². The number of hydrogen-bond acceptors (Lipinski definition) is 6. The predicted octanol–water partition coefficient (Wildman–Crippen LogP) is 0.541. The maximum Gasteiger partial charge on any atom is 0.245 e. The number of epoxide rings is 1. The Morgan fingerprint density at radius 2 is 1.64 bits per heavy atom. The van der Waals surface area contributed by atoms with Crippen molar-refractivity contribution in [1.29, 1.82) is 0 Å². The number of Topliss-reactive ketones (excluding diaryl/α,β-unsaturated/α-hetero) is 1. The average Bonchev–Trinajstić information content (AvgIpc) is 3.42. The van der Waals surface area contributed by atoms with Crippen LogP contribution in [0.3, 0.4) is 0 Å². The van der Waals surface area contributed by atoms with Crippen molar-refractivity contribution < 1.29 is 29.3 Å². The maximum absolute atomic E-state index is 12.6. The van der Waals surface area contributed by atoms with Crippen molar-refractivity contribution in [2.24, 2.45) is 11.8 Å². The van der Waals surface area contributed by atoms with Crippen LogP contribution < -0.4 is 10.6 Å². The van der Waals surface area contributed by atoms with Gasteiger partial charge < -0.3 is 25.6 Å². The molecule has 1 saturated heterocycles. The minimum absolute atomic E-state index is 0.117. The summed E-state index contributed by atoms with van der Waals surface area (Å²) in [7, 11) is 0. The molecule has 1 rings (SSSR count). The fourth-order valence-electron chi connectivity index (χ4n) is 2.99. The average molecular weight is 401 g/mol. The number of ketones is 1. The Morgan fingerprint density at radius 3 is 2.11 bits per heavy atom. The molecule has 8 nitrogen and oxygen atoms in total. The molecule has 2 amide bonds. The molecule has 1 heterocycles. The van der Waals surface area contributed by atoms with Crippen LogP contribution in [-0.2, 0) is 19.1 Å². The number of nitrogens with one attached hydrogen (secondary N) is 2. The topological polar surface area (TPSA) is 128 Å². The molecular formula is C20H36N2O6. The number of ether oxygens (including phenoxy) is 1. The quantitative estimate of drug-likeness (QED) is 0.249. The molecule has 1 aliphatic heterocycles. The van der Waals surface area contributed by atoms with Gasteiger partial charge in [-0.05, 0) is 24.7 Å². The largest absolute Gasteiger partial charge is 0.394 e. The summed E-state index contributed by atoms with van der Waals surface area (Å²) >= 11 is 0. The Labute approximate surface area is 167 Å². The Bertz CT molecular complexity index is 531. The molecule has 162 valence electrons. The van der Waals surface area contributed by atoms with Gasteiger partial charge in [0, 0.05) is 6.42 Å². The molecule has 0 aromatic carbocycles. The first-order valence-corrected chi connectivity index (χ1v) is 10.1. The molecule has 28 heavy (non-hydrogen) atoms. The van der Waals surface area contributed by atoms with Gasteiger partial charge in [0.25, 0.3) is 0 Å². The molecule has 0 bridgehead atoms. The van der Waals surface area contributed by atoms with E-state index in [0.29, 0.717) is 18.8 Å². The molecule has 8 heteroatoms. The predicted molar refractivity (Wildman–Crippen MR) is 104 cm³/mol. The first kappa shape index (κ1) is 24.5. The minimum atomic E-state index is -1.23. The van der Waals surface area contributed by atoms with Gasteiger partial charge >= 0.3 is 0 Å². The van der Waals surface area contributed by atoms with Crippen LogP contribution in [0.1, 0.15) is 59.8 Å². The van der Waals surface area contributed by atoms with Crippen molar-refractivity contribution in [3.63, 3.8) is 0 Å². The number of hydrogen-bond donors (Lipinski definition) is 4. The number of aliphatic hydroxyl groups is 2. The van der Waals surface area contributed by atoms with Gasteiger partial charge in [-0.1, -0.05) is 40.5 Å². The van der Waals surface area contributed by atoms with Gasteiger partial charge in [0.15, 0.2) is 11.4 Å². The van der Waals surface area contributed by atoms with E-state index in [1.54, 1.807) is 0 Å². The second kappa shape index (κ2) is 11.5. The monoisotopic (exact) mass is 400 g/mol. The van der Waals surface area contributed by atoms with Crippen molar-refractivity contribution in [3.8, 4) is 0 Å². The first-order chi connectivity index (χ1) is 13.1. The molecule has 3 atom stereocenters. The van der Waals surface area contributed by atoms with Crippen LogP contribution in [0.5, 0.6) is 0 Å². The summed E-state index contributed by atoms with van der Waals surface area (Å²) in [4.78, 5) is 37.2. The van der Waals surface area contributed by atoms with E-state index in [1.165, 1.54) is 0 Å². The maximum atomic E-state index is 12.6. The van der Waals surface area contributed by atoms with Crippen molar-refractivity contribution in [1.82, 2.24) is 10.6 Å². The molecule has 0 aromatic rings. The number of amides is 2. The van der Waals surface area contributed by atoms with Gasteiger partial charge in [-0.25, -0.2) is 0 Å². The molecule has 2 unspecified atom stereocenters. The second-order valence-corrected chi connectivity index (χ2v) is 8.44. The molecule has 1 aliphatic rings. The van der Waals surface area contributed by atoms with E-state index in [4.69, 9.17) is 4.74 Å². The number of carbonyl (C=O) groups excluding carboxylic acids is 3. The van der Waals surface area contributed by atoms with E-state index in [0.717, 1.165) is 12.8 Å². The highest BCUT2D eigenvalue weighted by molar-refractivity contribution is 5.98. The van der Waals surface area contributed by atoms with E-state index in [2.05, 4.69) is 24.5 Å². The third kappa shape index (κ3) is 7.85. The number of unbranched alkanes of at least 4 members (excludes halogenated alkanes) is 1. The molecular weight excluding hydrogens is 364 g/mol. The van der Waals surface area contributed by atoms with Crippen LogP contribution in [0.15, 0.2) is 0 Å². The van der Waals surface area contributed by atoms with Gasteiger partial charge in [-0.2, -0.15) is 0 Å². The number of carbonyl (C=O) groups is 3. The lowest BCUT2D eigenvalue weighted by atomic mass is 9.92. The molecule has 0 aromatic heterocycles. The van der Waals surface area contributed by atoms with E-state index < -0.39 is 36.8 Å². The van der Waals surface area contributed by atoms with E-state index in [9.17, 15) is 24.6 Å². The summed E-state index contributed by atoms with van der Waals surface area (Å²) in [5.41, 5.74) is -1.23. The van der Waals surface area contributed by atoms with Crippen LogP contribution in [-0.4, -0.2) is 65.3 Å². The Kier molecular flexibility index (Phi) is 10.1. The van der Waals surface area contributed by atoms with Gasteiger partial charge in [-0.3, -0.25) is 14.4 Å². The first-order valence-electron chi connectivity index (χ1n) is 10.1. The lowest BCUT2D eigenvalue weighted by Gasteiger charge is -2.24. The molecule has 1 fully saturated rings. The second-order valence-electron chi connectivity index (χ2n) is 8.44. The summed E-state index contributed by atoms with van der Waals surface area (Å²) < 4.78 is 5.10. The third-order valence-electron chi connectivity index (χ3n) is 4.81. The van der Waals surface area contributed by atoms with Crippen molar-refractivity contribution in [3.05, 3.63) is 0 Å².